The van der Waals surface area contributed by atoms with Crippen LogP contribution in [0.15, 0.2) is 30.5 Å². The molecule has 176 valence electrons. The number of rotatable bonds is 5. The van der Waals surface area contributed by atoms with E-state index in [1.807, 2.05) is 39.0 Å². The molecule has 0 radical (unpaired) electrons. The molecule has 10 heteroatoms. The summed E-state index contributed by atoms with van der Waals surface area (Å²) in [7, 11) is 0. The second kappa shape index (κ2) is 9.72. The predicted octanol–water partition coefficient (Wildman–Crippen LogP) is 4.88. The first kappa shape index (κ1) is 25.4. The molecular weight excluding hydrogens is 421 g/mol. The minimum atomic E-state index is -4.06. The standard InChI is InChI=1S/C17H22N6O.C5H9F3/c1-10(2)23-15(6-7-20-23)17(24)19-9-16-21-13-5-4-12(11(3)18)8-14(13)22-16;1-4(2,3)5(6,7)8/h4-8,10-11H,9,18H2,1-3H3,(H,19,24)(H,21,22);1-3H3. The summed E-state index contributed by atoms with van der Waals surface area (Å²) in [4.78, 5) is 20.0. The van der Waals surface area contributed by atoms with Crippen LogP contribution in [0, 0.1) is 5.41 Å². The lowest BCUT2D eigenvalue weighted by Crippen LogP contribution is -2.28. The van der Waals surface area contributed by atoms with Gasteiger partial charge in [-0.1, -0.05) is 26.8 Å². The van der Waals surface area contributed by atoms with E-state index < -0.39 is 11.6 Å². The number of amides is 1. The van der Waals surface area contributed by atoms with E-state index in [-0.39, 0.29) is 18.0 Å². The Hall–Kier alpha value is -2.88. The lowest BCUT2D eigenvalue weighted by atomic mass is 9.96. The summed E-state index contributed by atoms with van der Waals surface area (Å²) >= 11 is 0. The summed E-state index contributed by atoms with van der Waals surface area (Å²) in [6, 6.07) is 7.71. The molecule has 0 saturated carbocycles. The molecule has 1 amide bonds. The SMILES string of the molecule is CC(C)(C)C(F)(F)F.CC(N)c1ccc2nc(CNC(=O)c3ccnn3C(C)C)[nH]c2c1. The molecule has 0 aliphatic heterocycles. The number of fused-ring (bicyclic) bond motifs is 1. The normalized spacial score (nSPS) is 13.1. The van der Waals surface area contributed by atoms with Crippen molar-refractivity contribution in [3.05, 3.63) is 47.5 Å². The van der Waals surface area contributed by atoms with E-state index in [0.29, 0.717) is 18.1 Å². The minimum Gasteiger partial charge on any atom is -0.343 e. The van der Waals surface area contributed by atoms with Gasteiger partial charge in [0.05, 0.1) is 23.0 Å². The van der Waals surface area contributed by atoms with Crippen LogP contribution in [0.1, 0.15) is 75.5 Å². The Morgan fingerprint density at radius 2 is 1.81 bits per heavy atom. The van der Waals surface area contributed by atoms with Crippen LogP contribution < -0.4 is 11.1 Å². The fourth-order valence-corrected chi connectivity index (χ4v) is 2.61. The molecule has 3 aromatic rings. The van der Waals surface area contributed by atoms with Crippen molar-refractivity contribution in [2.24, 2.45) is 11.1 Å². The molecule has 1 unspecified atom stereocenters. The molecule has 0 aliphatic carbocycles. The maximum atomic E-state index is 12.3. The number of carbonyl (C=O) groups is 1. The van der Waals surface area contributed by atoms with Gasteiger partial charge in [0.2, 0.25) is 0 Å². The summed E-state index contributed by atoms with van der Waals surface area (Å²) in [5.74, 6) is 0.536. The van der Waals surface area contributed by atoms with E-state index in [0.717, 1.165) is 37.4 Å². The van der Waals surface area contributed by atoms with E-state index in [2.05, 4.69) is 20.4 Å². The zero-order valence-electron chi connectivity index (χ0n) is 19.2. The number of hydrogen-bond donors (Lipinski definition) is 3. The van der Waals surface area contributed by atoms with E-state index in [1.54, 1.807) is 16.9 Å². The lowest BCUT2D eigenvalue weighted by Gasteiger charge is -2.21. The van der Waals surface area contributed by atoms with Gasteiger partial charge in [-0.2, -0.15) is 18.3 Å². The van der Waals surface area contributed by atoms with Crippen molar-refractivity contribution in [3.8, 4) is 0 Å². The predicted molar refractivity (Wildman–Crippen MR) is 118 cm³/mol. The lowest BCUT2D eigenvalue weighted by molar-refractivity contribution is -0.204. The topological polar surface area (TPSA) is 102 Å². The van der Waals surface area contributed by atoms with Crippen LogP contribution in [-0.4, -0.2) is 31.8 Å². The largest absolute Gasteiger partial charge is 0.393 e. The minimum absolute atomic E-state index is 0.0304. The van der Waals surface area contributed by atoms with Crippen molar-refractivity contribution in [2.75, 3.05) is 0 Å². The highest BCUT2D eigenvalue weighted by Gasteiger charge is 2.42. The molecule has 2 aromatic heterocycles. The number of halogens is 3. The third-order valence-corrected chi connectivity index (χ3v) is 4.74. The molecule has 0 fully saturated rings. The van der Waals surface area contributed by atoms with Gasteiger partial charge in [0, 0.05) is 18.3 Å². The molecule has 0 aliphatic rings. The number of aromatic nitrogens is 4. The first-order valence-corrected chi connectivity index (χ1v) is 10.3. The molecule has 0 saturated heterocycles. The van der Waals surface area contributed by atoms with Crippen molar-refractivity contribution in [1.29, 1.82) is 0 Å². The van der Waals surface area contributed by atoms with Gasteiger partial charge in [-0.25, -0.2) is 4.98 Å². The Bertz CT molecular complexity index is 1030. The second-order valence-electron chi connectivity index (χ2n) is 8.93. The summed E-state index contributed by atoms with van der Waals surface area (Å²) in [6.45, 7) is 9.67. The summed E-state index contributed by atoms with van der Waals surface area (Å²) in [5, 5.41) is 7.05. The van der Waals surface area contributed by atoms with Gasteiger partial charge in [0.25, 0.3) is 5.91 Å². The summed E-state index contributed by atoms with van der Waals surface area (Å²) < 4.78 is 36.4. The number of carbonyl (C=O) groups excluding carboxylic acids is 1. The average molecular weight is 453 g/mol. The van der Waals surface area contributed by atoms with E-state index >= 15 is 0 Å². The number of aromatic amines is 1. The van der Waals surface area contributed by atoms with Gasteiger partial charge in [-0.3, -0.25) is 9.48 Å². The first-order chi connectivity index (χ1) is 14.7. The fraction of sp³-hybridized carbons (Fsp3) is 0.500. The number of imidazole rings is 1. The van der Waals surface area contributed by atoms with Crippen molar-refractivity contribution in [1.82, 2.24) is 25.1 Å². The Kier molecular flexibility index (Phi) is 7.71. The van der Waals surface area contributed by atoms with E-state index in [4.69, 9.17) is 5.73 Å². The fourth-order valence-electron chi connectivity index (χ4n) is 2.61. The van der Waals surface area contributed by atoms with Crippen molar-refractivity contribution < 1.29 is 18.0 Å². The molecule has 0 bridgehead atoms. The van der Waals surface area contributed by atoms with Gasteiger partial charge < -0.3 is 16.0 Å². The molecule has 32 heavy (non-hydrogen) atoms. The van der Waals surface area contributed by atoms with Gasteiger partial charge >= 0.3 is 6.18 Å². The Balaban J connectivity index is 0.000000390. The van der Waals surface area contributed by atoms with Crippen LogP contribution in [0.2, 0.25) is 0 Å². The van der Waals surface area contributed by atoms with Crippen LogP contribution >= 0.6 is 0 Å². The maximum absolute atomic E-state index is 12.3. The molecule has 3 rings (SSSR count). The summed E-state index contributed by atoms with van der Waals surface area (Å²) in [6.07, 6.45) is -2.43. The molecule has 0 spiro atoms. The smallest absolute Gasteiger partial charge is 0.343 e. The first-order valence-electron chi connectivity index (χ1n) is 10.3. The monoisotopic (exact) mass is 452 g/mol. The Morgan fingerprint density at radius 3 is 2.34 bits per heavy atom. The number of nitrogens with zero attached hydrogens (tertiary/aromatic N) is 3. The van der Waals surface area contributed by atoms with E-state index in [1.165, 1.54) is 0 Å². The maximum Gasteiger partial charge on any atom is 0.393 e. The van der Waals surface area contributed by atoms with Gasteiger partial charge in [-0.15, -0.1) is 0 Å². The zero-order chi connectivity index (χ0) is 24.3. The van der Waals surface area contributed by atoms with Crippen LogP contribution in [0.3, 0.4) is 0 Å². The highest BCUT2D eigenvalue weighted by Crippen LogP contribution is 2.36. The number of alkyl halides is 3. The van der Waals surface area contributed by atoms with E-state index in [9.17, 15) is 18.0 Å². The van der Waals surface area contributed by atoms with Gasteiger partial charge in [0.1, 0.15) is 11.5 Å². The van der Waals surface area contributed by atoms with Crippen LogP contribution in [0.5, 0.6) is 0 Å². The molecular formula is C22H31F3N6O. The number of nitrogens with two attached hydrogens (primary N) is 1. The Morgan fingerprint density at radius 1 is 1.19 bits per heavy atom. The average Bonchev–Trinajstić information content (AvgIpc) is 3.31. The second-order valence-corrected chi connectivity index (χ2v) is 8.93. The van der Waals surface area contributed by atoms with Crippen LogP contribution in [0.4, 0.5) is 13.2 Å². The molecule has 2 heterocycles. The van der Waals surface area contributed by atoms with Crippen LogP contribution in [-0.2, 0) is 6.54 Å². The number of H-pyrrole nitrogens is 1. The Labute approximate surface area is 185 Å². The van der Waals surface area contributed by atoms with Crippen molar-refractivity contribution >= 4 is 16.9 Å². The third kappa shape index (κ3) is 6.32. The zero-order valence-corrected chi connectivity index (χ0v) is 19.2. The van der Waals surface area contributed by atoms with Crippen molar-refractivity contribution in [2.45, 2.75) is 66.3 Å². The quantitative estimate of drug-likeness (QED) is 0.513. The third-order valence-electron chi connectivity index (χ3n) is 4.74. The molecule has 7 nitrogen and oxygen atoms in total. The number of nitrogens with one attached hydrogen (secondary N) is 2. The highest BCUT2D eigenvalue weighted by molar-refractivity contribution is 5.92. The molecule has 1 aromatic carbocycles. The van der Waals surface area contributed by atoms with Gasteiger partial charge in [0.15, 0.2) is 0 Å². The van der Waals surface area contributed by atoms with Gasteiger partial charge in [-0.05, 0) is 44.5 Å². The van der Waals surface area contributed by atoms with Crippen molar-refractivity contribution in [3.63, 3.8) is 0 Å². The molecule has 1 atom stereocenters. The van der Waals surface area contributed by atoms with Crippen LogP contribution in [0.25, 0.3) is 11.0 Å². The molecule has 4 N–H and O–H groups in total. The number of benzene rings is 1. The number of hydrogen-bond acceptors (Lipinski definition) is 4. The summed E-state index contributed by atoms with van der Waals surface area (Å²) in [5.41, 5.74) is 7.70. The highest BCUT2D eigenvalue weighted by atomic mass is 19.4.